The van der Waals surface area contributed by atoms with Crippen molar-refractivity contribution in [2.45, 2.75) is 24.5 Å². The topological polar surface area (TPSA) is 0 Å². The second kappa shape index (κ2) is 4.68. The van der Waals surface area contributed by atoms with Gasteiger partial charge in [-0.05, 0) is 17.5 Å². The zero-order chi connectivity index (χ0) is 9.73. The molecule has 0 fully saturated rings. The van der Waals surface area contributed by atoms with Crippen molar-refractivity contribution in [2.75, 3.05) is 0 Å². The lowest BCUT2D eigenvalue weighted by molar-refractivity contribution is 1.47. The van der Waals surface area contributed by atoms with Crippen LogP contribution in [0.1, 0.15) is 0 Å². The van der Waals surface area contributed by atoms with E-state index in [1.807, 2.05) is 6.07 Å². The quantitative estimate of drug-likeness (QED) is 0.531. The second-order valence-electron chi connectivity index (χ2n) is 4.10. The minimum atomic E-state index is -1.01. The highest BCUT2D eigenvalue weighted by Gasteiger charge is 2.06. The maximum absolute atomic E-state index is 2.37. The van der Waals surface area contributed by atoms with E-state index >= 15 is 0 Å². The van der Waals surface area contributed by atoms with Gasteiger partial charge in [0.25, 0.3) is 0 Å². The first kappa shape index (κ1) is 10.6. The largest absolute Gasteiger partial charge is 0.0988 e. The summed E-state index contributed by atoms with van der Waals surface area (Å²) in [6.45, 7) is 7.03. The molecule has 0 amide bonds. The third kappa shape index (κ3) is 4.96. The van der Waals surface area contributed by atoms with Gasteiger partial charge in [0.1, 0.15) is 0 Å². The zero-order valence-corrected chi connectivity index (χ0v) is 10.3. The molecule has 0 radical (unpaired) electrons. The van der Waals surface area contributed by atoms with Crippen molar-refractivity contribution < 1.29 is 0 Å². The molecule has 0 N–H and O–H groups in total. The molecule has 13 heavy (non-hydrogen) atoms. The Kier molecular flexibility index (Phi) is 3.82. The number of thioether (sulfide) groups is 1. The molecule has 0 nitrogen and oxygen atoms in total. The Labute approximate surface area is 86.1 Å². The molecule has 1 rings (SSSR count). The highest BCUT2D eigenvalue weighted by Crippen LogP contribution is 2.19. The van der Waals surface area contributed by atoms with E-state index < -0.39 is 8.07 Å². The van der Waals surface area contributed by atoms with Crippen molar-refractivity contribution in [3.05, 3.63) is 41.4 Å². The van der Waals surface area contributed by atoms with Gasteiger partial charge in [-0.15, -0.1) is 0 Å². The highest BCUT2D eigenvalue weighted by molar-refractivity contribution is 8.02. The Hall–Kier alpha value is -0.473. The second-order valence-corrected chi connectivity index (χ2v) is 10.1. The summed E-state index contributed by atoms with van der Waals surface area (Å²) in [5.74, 6) is 0. The minimum absolute atomic E-state index is 1.01. The monoisotopic (exact) mass is 208 g/mol. The lowest BCUT2D eigenvalue weighted by Gasteiger charge is -2.07. The predicted octanol–water partition coefficient (Wildman–Crippen LogP) is 4.17. The number of benzene rings is 1. The molecule has 1 aromatic carbocycles. The van der Waals surface area contributed by atoms with Crippen LogP contribution in [0.5, 0.6) is 0 Å². The minimum Gasteiger partial charge on any atom is -0.0988 e. The molecule has 0 saturated carbocycles. The van der Waals surface area contributed by atoms with E-state index in [2.05, 4.69) is 55.0 Å². The summed E-state index contributed by atoms with van der Waals surface area (Å²) in [4.78, 5) is 1.32. The molecule has 0 aliphatic carbocycles. The average Bonchev–Trinajstić information content (AvgIpc) is 2.04. The molecule has 0 heterocycles. The molecule has 0 unspecified atom stereocenters. The normalized spacial score (nSPS) is 12.2. The summed E-state index contributed by atoms with van der Waals surface area (Å²) in [5, 5.41) is 2.22. The zero-order valence-electron chi connectivity index (χ0n) is 8.45. The van der Waals surface area contributed by atoms with Crippen LogP contribution in [0.3, 0.4) is 0 Å². The fourth-order valence-corrected chi connectivity index (χ4v) is 3.19. The highest BCUT2D eigenvalue weighted by atomic mass is 32.2. The molecule has 0 aliphatic heterocycles. The summed E-state index contributed by atoms with van der Waals surface area (Å²) < 4.78 is 0. The third-order valence-electron chi connectivity index (χ3n) is 1.52. The van der Waals surface area contributed by atoms with E-state index in [-0.39, 0.29) is 0 Å². The lowest BCUT2D eigenvalue weighted by Crippen LogP contribution is -2.14. The molecule has 70 valence electrons. The van der Waals surface area contributed by atoms with E-state index in [1.165, 1.54) is 4.90 Å². The van der Waals surface area contributed by atoms with Crippen molar-refractivity contribution in [1.82, 2.24) is 0 Å². The van der Waals surface area contributed by atoms with Crippen LogP contribution in [0.2, 0.25) is 19.6 Å². The Bertz CT molecular complexity index is 272. The molecule has 0 aliphatic rings. The Morgan fingerprint density at radius 3 is 2.23 bits per heavy atom. The van der Waals surface area contributed by atoms with Gasteiger partial charge in [0.05, 0.1) is 8.07 Å². The first-order chi connectivity index (χ1) is 6.08. The Balaban J connectivity index is 2.49. The molecular formula is C11H16SSi. The van der Waals surface area contributed by atoms with Crippen molar-refractivity contribution in [3.8, 4) is 0 Å². The maximum atomic E-state index is 2.37. The van der Waals surface area contributed by atoms with E-state index in [0.717, 1.165) is 0 Å². The van der Waals surface area contributed by atoms with E-state index in [0.29, 0.717) is 0 Å². The van der Waals surface area contributed by atoms with Crippen LogP contribution >= 0.6 is 11.8 Å². The van der Waals surface area contributed by atoms with Crippen LogP contribution in [-0.4, -0.2) is 8.07 Å². The van der Waals surface area contributed by atoms with Crippen LogP contribution in [-0.2, 0) is 0 Å². The first-order valence-electron chi connectivity index (χ1n) is 4.47. The van der Waals surface area contributed by atoms with E-state index in [1.54, 1.807) is 11.8 Å². The molecule has 0 saturated heterocycles. The van der Waals surface area contributed by atoms with Gasteiger partial charge in [-0.25, -0.2) is 0 Å². The molecular weight excluding hydrogens is 192 g/mol. The van der Waals surface area contributed by atoms with Gasteiger partial charge in [-0.1, -0.05) is 55.3 Å². The third-order valence-corrected chi connectivity index (χ3v) is 3.74. The maximum Gasteiger partial charge on any atom is 0.0693 e. The number of hydrogen-bond acceptors (Lipinski definition) is 1. The summed E-state index contributed by atoms with van der Waals surface area (Å²) in [6.07, 6.45) is 0. The van der Waals surface area contributed by atoms with Gasteiger partial charge in [-0.3, -0.25) is 0 Å². The Morgan fingerprint density at radius 1 is 1.08 bits per heavy atom. The van der Waals surface area contributed by atoms with Crippen LogP contribution in [0.25, 0.3) is 0 Å². The fraction of sp³-hybridized carbons (Fsp3) is 0.273. The summed E-state index contributed by atoms with van der Waals surface area (Å²) in [7, 11) is -1.01. The summed E-state index contributed by atoms with van der Waals surface area (Å²) >= 11 is 1.80. The van der Waals surface area contributed by atoms with Gasteiger partial charge in [0.15, 0.2) is 0 Å². The molecule has 0 aromatic heterocycles. The Morgan fingerprint density at radius 2 is 1.69 bits per heavy atom. The van der Waals surface area contributed by atoms with Crippen molar-refractivity contribution in [2.24, 2.45) is 0 Å². The average molecular weight is 208 g/mol. The SMILES string of the molecule is C[Si](C)(C)/C=C/Sc1ccccc1. The van der Waals surface area contributed by atoms with Gasteiger partial charge >= 0.3 is 0 Å². The fourth-order valence-electron chi connectivity index (χ4n) is 0.816. The molecule has 0 atom stereocenters. The number of hydrogen-bond donors (Lipinski definition) is 0. The predicted molar refractivity (Wildman–Crippen MR) is 64.8 cm³/mol. The lowest BCUT2D eigenvalue weighted by atomic mass is 10.4. The van der Waals surface area contributed by atoms with Gasteiger partial charge in [-0.2, -0.15) is 0 Å². The standard InChI is InChI=1S/C11H16SSi/c1-13(2,3)10-9-12-11-7-5-4-6-8-11/h4-10H,1-3H3/b10-9+. The van der Waals surface area contributed by atoms with Gasteiger partial charge in [0.2, 0.25) is 0 Å². The first-order valence-corrected chi connectivity index (χ1v) is 8.93. The van der Waals surface area contributed by atoms with Crippen molar-refractivity contribution in [3.63, 3.8) is 0 Å². The smallest absolute Gasteiger partial charge is 0.0693 e. The molecule has 0 spiro atoms. The van der Waals surface area contributed by atoms with Gasteiger partial charge in [0, 0.05) is 4.90 Å². The number of rotatable bonds is 3. The molecule has 2 heteroatoms. The molecule has 1 aromatic rings. The summed E-state index contributed by atoms with van der Waals surface area (Å²) in [5.41, 5.74) is 2.37. The molecule has 0 bridgehead atoms. The van der Waals surface area contributed by atoms with Gasteiger partial charge < -0.3 is 0 Å². The van der Waals surface area contributed by atoms with E-state index in [9.17, 15) is 0 Å². The van der Waals surface area contributed by atoms with Crippen LogP contribution < -0.4 is 0 Å². The van der Waals surface area contributed by atoms with Crippen LogP contribution in [0.15, 0.2) is 46.3 Å². The van der Waals surface area contributed by atoms with Crippen molar-refractivity contribution in [1.29, 1.82) is 0 Å². The summed E-state index contributed by atoms with van der Waals surface area (Å²) in [6, 6.07) is 10.5. The van der Waals surface area contributed by atoms with E-state index in [4.69, 9.17) is 0 Å². The van der Waals surface area contributed by atoms with Crippen LogP contribution in [0, 0.1) is 0 Å². The van der Waals surface area contributed by atoms with Crippen LogP contribution in [0.4, 0.5) is 0 Å². The van der Waals surface area contributed by atoms with Crippen molar-refractivity contribution >= 4 is 19.8 Å².